The monoisotopic (exact) mass is 700 g/mol. The molecule has 4 amide bonds. The van der Waals surface area contributed by atoms with Crippen molar-refractivity contribution in [1.29, 1.82) is 0 Å². The van der Waals surface area contributed by atoms with Gasteiger partial charge in [0.2, 0.25) is 17.7 Å². The van der Waals surface area contributed by atoms with Crippen molar-refractivity contribution in [3.8, 4) is 0 Å². The van der Waals surface area contributed by atoms with Crippen LogP contribution in [0, 0.1) is 22.0 Å². The van der Waals surface area contributed by atoms with Crippen LogP contribution >= 0.6 is 23.1 Å². The van der Waals surface area contributed by atoms with Gasteiger partial charge < -0.3 is 10.1 Å². The Morgan fingerprint density at radius 1 is 1.10 bits per heavy atom. The molecule has 0 bridgehead atoms. The van der Waals surface area contributed by atoms with E-state index >= 15 is 0 Å². The van der Waals surface area contributed by atoms with Gasteiger partial charge in [0, 0.05) is 11.6 Å². The molecule has 252 valence electrons. The third-order valence-electron chi connectivity index (χ3n) is 8.39. The predicted octanol–water partition coefficient (Wildman–Crippen LogP) is 6.36. The van der Waals surface area contributed by atoms with Crippen LogP contribution < -0.4 is 15.6 Å². The third kappa shape index (κ3) is 7.62. The van der Waals surface area contributed by atoms with Crippen LogP contribution in [0.25, 0.3) is 10.2 Å². The predicted molar refractivity (Wildman–Crippen MR) is 184 cm³/mol. The Morgan fingerprint density at radius 2 is 1.84 bits per heavy atom. The first-order valence-corrected chi connectivity index (χ1v) is 17.4. The number of benzene rings is 3. The topological polar surface area (TPSA) is 173 Å². The molecule has 15 heteroatoms. The summed E-state index contributed by atoms with van der Waals surface area (Å²) in [4.78, 5) is 68.7. The zero-order valence-corrected chi connectivity index (χ0v) is 28.0. The normalized spacial score (nSPS) is 18.0. The lowest BCUT2D eigenvalue weighted by molar-refractivity contribution is -0.387. The van der Waals surface area contributed by atoms with Gasteiger partial charge in [-0.3, -0.25) is 29.4 Å². The van der Waals surface area contributed by atoms with Gasteiger partial charge in [-0.15, -0.1) is 11.3 Å². The minimum absolute atomic E-state index is 0.120. The fraction of sp³-hybridized carbons (Fsp3) is 0.294. The van der Waals surface area contributed by atoms with Crippen LogP contribution in [-0.4, -0.2) is 46.5 Å². The van der Waals surface area contributed by atoms with Crippen molar-refractivity contribution < 1.29 is 28.8 Å². The number of nitro groups is 1. The van der Waals surface area contributed by atoms with Crippen LogP contribution in [0.3, 0.4) is 0 Å². The second-order valence-corrected chi connectivity index (χ2v) is 13.9. The van der Waals surface area contributed by atoms with Gasteiger partial charge in [-0.2, -0.15) is 5.10 Å². The lowest BCUT2D eigenvalue weighted by Gasteiger charge is -2.19. The van der Waals surface area contributed by atoms with Crippen molar-refractivity contribution in [2.45, 2.75) is 54.3 Å². The lowest BCUT2D eigenvalue weighted by atomic mass is 9.81. The summed E-state index contributed by atoms with van der Waals surface area (Å²) < 4.78 is 6.27. The third-order valence-corrected chi connectivity index (χ3v) is 10.5. The number of nitrogens with one attached hydrogen (secondary N) is 2. The van der Waals surface area contributed by atoms with Gasteiger partial charge in [0.1, 0.15) is 0 Å². The van der Waals surface area contributed by atoms with Crippen molar-refractivity contribution >= 4 is 74.7 Å². The minimum Gasteiger partial charge on any atom is -0.450 e. The standard InChI is InChI=1S/C34H32N6O7S2/c1-2-47-33(44)36-26(21-8-4-3-5-9-21)18-30(41)38-35-19-20-12-15-28(27(16-20)40(45)46)48-34-37-25-14-13-22(17-29(25)49-34)39-31(42)23-10-6-7-11-24(23)32(39)43/h3-5,8-9,12-17,19,23-24,26H,2,6-7,10-11,18H2,1H3,(H,36,44)(H,38,41)/b35-19-/t23-,24-,26+/m0/s1. The fourth-order valence-corrected chi connectivity index (χ4v) is 8.23. The second kappa shape index (κ2) is 15.0. The molecule has 4 aromatic rings. The number of carbonyl (C=O) groups excluding carboxylic acids is 4. The summed E-state index contributed by atoms with van der Waals surface area (Å²) in [5.41, 5.74) is 4.51. The number of carbonyl (C=O) groups is 4. The van der Waals surface area contributed by atoms with Crippen LogP contribution in [0.15, 0.2) is 81.1 Å². The highest BCUT2D eigenvalue weighted by molar-refractivity contribution is 8.01. The highest BCUT2D eigenvalue weighted by Gasteiger charge is 2.48. The maximum absolute atomic E-state index is 13.1. The number of hydrogen-bond acceptors (Lipinski definition) is 11. The van der Waals surface area contributed by atoms with Crippen molar-refractivity contribution in [3.63, 3.8) is 0 Å². The lowest BCUT2D eigenvalue weighted by Crippen LogP contribution is -2.33. The number of aromatic nitrogens is 1. The summed E-state index contributed by atoms with van der Waals surface area (Å²) in [5, 5.41) is 18.6. The molecule has 0 unspecified atom stereocenters. The molecule has 1 aliphatic carbocycles. The van der Waals surface area contributed by atoms with Crippen LogP contribution in [0.4, 0.5) is 16.2 Å². The van der Waals surface area contributed by atoms with E-state index in [1.54, 1.807) is 61.5 Å². The summed E-state index contributed by atoms with van der Waals surface area (Å²) in [5.74, 6) is -1.27. The van der Waals surface area contributed by atoms with Crippen molar-refractivity contribution in [1.82, 2.24) is 15.7 Å². The maximum Gasteiger partial charge on any atom is 0.407 e. The molecule has 0 radical (unpaired) electrons. The van der Waals surface area contributed by atoms with Gasteiger partial charge in [0.25, 0.3) is 5.69 Å². The molecule has 1 aliphatic heterocycles. The van der Waals surface area contributed by atoms with E-state index in [1.165, 1.54) is 28.5 Å². The first-order chi connectivity index (χ1) is 23.7. The number of alkyl carbamates (subject to hydrolysis) is 1. The van der Waals surface area contributed by atoms with E-state index in [2.05, 4.69) is 20.8 Å². The number of hydrogen-bond donors (Lipinski definition) is 2. The highest BCUT2D eigenvalue weighted by atomic mass is 32.2. The van der Waals surface area contributed by atoms with E-state index < -0.39 is 23.0 Å². The minimum atomic E-state index is -0.656. The zero-order chi connectivity index (χ0) is 34.5. The Labute approximate surface area is 289 Å². The van der Waals surface area contributed by atoms with Crippen molar-refractivity contribution in [2.75, 3.05) is 11.5 Å². The number of imide groups is 1. The van der Waals surface area contributed by atoms with Crippen LogP contribution in [-0.2, 0) is 19.1 Å². The molecular formula is C34H32N6O7S2. The summed E-state index contributed by atoms with van der Waals surface area (Å²) >= 11 is 2.45. The van der Waals surface area contributed by atoms with Crippen molar-refractivity contribution in [2.24, 2.45) is 16.9 Å². The summed E-state index contributed by atoms with van der Waals surface area (Å²) in [6, 6.07) is 18.1. The van der Waals surface area contributed by atoms with Crippen LogP contribution in [0.5, 0.6) is 0 Å². The van der Waals surface area contributed by atoms with Crippen LogP contribution in [0.1, 0.15) is 56.2 Å². The molecule has 3 atom stereocenters. The number of nitro benzene ring substituents is 1. The zero-order valence-electron chi connectivity index (χ0n) is 26.4. The summed E-state index contributed by atoms with van der Waals surface area (Å²) in [6.45, 7) is 1.86. The summed E-state index contributed by atoms with van der Waals surface area (Å²) in [7, 11) is 0. The van der Waals surface area contributed by atoms with E-state index in [9.17, 15) is 29.3 Å². The maximum atomic E-state index is 13.1. The SMILES string of the molecule is CCOC(=O)N[C@H](CC(=O)N/N=C\c1ccc(Sc2nc3ccc(N4C(=O)[C@H]5CCCC[C@@H]5C4=O)cc3s2)c([N+](=O)[O-])c1)c1ccccc1. The van der Waals surface area contributed by atoms with Crippen LogP contribution in [0.2, 0.25) is 0 Å². The van der Waals surface area contributed by atoms with E-state index in [1.807, 2.05) is 6.07 Å². The quantitative estimate of drug-likeness (QED) is 0.0781. The van der Waals surface area contributed by atoms with Gasteiger partial charge in [-0.25, -0.2) is 15.2 Å². The first kappa shape index (κ1) is 33.7. The molecule has 2 heterocycles. The number of anilines is 1. The molecule has 0 spiro atoms. The molecule has 3 aromatic carbocycles. The molecule has 1 aromatic heterocycles. The molecular weight excluding hydrogens is 669 g/mol. The molecule has 2 N–H and O–H groups in total. The van der Waals surface area contributed by atoms with Crippen molar-refractivity contribution in [3.05, 3.63) is 88.0 Å². The number of hydrazone groups is 1. The smallest absolute Gasteiger partial charge is 0.407 e. The number of amides is 4. The Bertz CT molecular complexity index is 1930. The number of nitrogens with zero attached hydrogens (tertiary/aromatic N) is 4. The van der Waals surface area contributed by atoms with E-state index in [-0.39, 0.29) is 42.4 Å². The van der Waals surface area contributed by atoms with Gasteiger partial charge in [-0.05, 0) is 49.6 Å². The molecule has 2 fully saturated rings. The number of fused-ring (bicyclic) bond motifs is 2. The van der Waals surface area contributed by atoms with Gasteiger partial charge in [0.15, 0.2) is 4.34 Å². The molecule has 1 saturated carbocycles. The molecule has 1 saturated heterocycles. The van der Waals surface area contributed by atoms with E-state index in [4.69, 9.17) is 4.74 Å². The molecule has 49 heavy (non-hydrogen) atoms. The first-order valence-electron chi connectivity index (χ1n) is 15.8. The number of ether oxygens (including phenoxy) is 1. The van der Waals surface area contributed by atoms with E-state index in [0.29, 0.717) is 31.6 Å². The average Bonchev–Trinajstić information content (AvgIpc) is 3.61. The Morgan fingerprint density at radius 3 is 2.53 bits per heavy atom. The van der Waals surface area contributed by atoms with Gasteiger partial charge >= 0.3 is 6.09 Å². The highest BCUT2D eigenvalue weighted by Crippen LogP contribution is 2.43. The Hall–Kier alpha value is -5.15. The Kier molecular flexibility index (Phi) is 10.3. The molecule has 2 aliphatic rings. The van der Waals surface area contributed by atoms with Gasteiger partial charge in [0.05, 0.1) is 62.8 Å². The molecule has 6 rings (SSSR count). The Balaban J connectivity index is 1.12. The average molecular weight is 701 g/mol. The summed E-state index contributed by atoms with van der Waals surface area (Å²) in [6.07, 6.45) is 3.90. The molecule has 13 nitrogen and oxygen atoms in total. The van der Waals surface area contributed by atoms with Gasteiger partial charge in [-0.1, -0.05) is 61.0 Å². The second-order valence-electron chi connectivity index (χ2n) is 11.6. The largest absolute Gasteiger partial charge is 0.450 e. The number of rotatable bonds is 11. The van der Waals surface area contributed by atoms with E-state index in [0.717, 1.165) is 42.1 Å². The fourth-order valence-electron chi connectivity index (χ4n) is 6.09. The number of thiazole rings is 1.